The summed E-state index contributed by atoms with van der Waals surface area (Å²) in [5, 5.41) is 15.6. The third kappa shape index (κ3) is 4.53. The van der Waals surface area contributed by atoms with Crippen LogP contribution < -0.4 is 10.6 Å². The molecule has 0 radical (unpaired) electrons. The van der Waals surface area contributed by atoms with E-state index in [-0.39, 0.29) is 24.6 Å². The van der Waals surface area contributed by atoms with Gasteiger partial charge in [0.25, 0.3) is 0 Å². The van der Waals surface area contributed by atoms with Crippen LogP contribution in [0.2, 0.25) is 0 Å². The normalized spacial score (nSPS) is 20.8. The van der Waals surface area contributed by atoms with Gasteiger partial charge >= 0.3 is 0 Å². The monoisotopic (exact) mass is 280 g/mol. The van der Waals surface area contributed by atoms with E-state index >= 15 is 0 Å². The predicted molar refractivity (Wildman–Crippen MR) is 78.1 cm³/mol. The smallest absolute Gasteiger partial charge is 0.222 e. The van der Waals surface area contributed by atoms with Crippen LogP contribution >= 0.6 is 11.8 Å². The number of carbonyl (C=O) groups is 1. The van der Waals surface area contributed by atoms with E-state index in [0.717, 1.165) is 23.6 Å². The number of carbonyl (C=O) groups excluding carboxylic acids is 1. The SMILES string of the molecule is O=C(CC1CSCCN1)NC(CO)c1ccccc1. The second kappa shape index (κ2) is 7.53. The van der Waals surface area contributed by atoms with E-state index in [1.807, 2.05) is 42.1 Å². The summed E-state index contributed by atoms with van der Waals surface area (Å²) < 4.78 is 0. The quantitative estimate of drug-likeness (QED) is 0.751. The lowest BCUT2D eigenvalue weighted by Gasteiger charge is -2.24. The summed E-state index contributed by atoms with van der Waals surface area (Å²) in [6.45, 7) is 0.882. The third-order valence-electron chi connectivity index (χ3n) is 3.15. The van der Waals surface area contributed by atoms with Gasteiger partial charge in [0.15, 0.2) is 0 Å². The fraction of sp³-hybridized carbons (Fsp3) is 0.500. The number of rotatable bonds is 5. The Balaban J connectivity index is 1.85. The average Bonchev–Trinajstić information content (AvgIpc) is 2.47. The van der Waals surface area contributed by atoms with Crippen molar-refractivity contribution in [2.45, 2.75) is 18.5 Å². The van der Waals surface area contributed by atoms with Crippen molar-refractivity contribution in [1.29, 1.82) is 0 Å². The van der Waals surface area contributed by atoms with Crippen LogP contribution in [0.3, 0.4) is 0 Å². The second-order valence-electron chi connectivity index (χ2n) is 4.64. The maximum atomic E-state index is 12.0. The number of benzene rings is 1. The minimum atomic E-state index is -0.315. The van der Waals surface area contributed by atoms with Crippen LogP contribution in [0.4, 0.5) is 0 Å². The highest BCUT2D eigenvalue weighted by atomic mass is 32.2. The molecule has 1 heterocycles. The Morgan fingerprint density at radius 2 is 2.26 bits per heavy atom. The van der Waals surface area contributed by atoms with Gasteiger partial charge in [-0.15, -0.1) is 0 Å². The van der Waals surface area contributed by atoms with Gasteiger partial charge < -0.3 is 15.7 Å². The van der Waals surface area contributed by atoms with Gasteiger partial charge in [0.05, 0.1) is 12.6 Å². The molecule has 1 amide bonds. The van der Waals surface area contributed by atoms with E-state index in [9.17, 15) is 9.90 Å². The minimum Gasteiger partial charge on any atom is -0.394 e. The summed E-state index contributed by atoms with van der Waals surface area (Å²) in [6.07, 6.45) is 0.469. The molecule has 5 heteroatoms. The van der Waals surface area contributed by atoms with Crippen molar-refractivity contribution in [2.75, 3.05) is 24.7 Å². The zero-order valence-electron chi connectivity index (χ0n) is 10.8. The second-order valence-corrected chi connectivity index (χ2v) is 5.79. The van der Waals surface area contributed by atoms with Gasteiger partial charge in [-0.2, -0.15) is 11.8 Å². The molecular weight excluding hydrogens is 260 g/mol. The van der Waals surface area contributed by atoms with Crippen LogP contribution in [0, 0.1) is 0 Å². The molecule has 0 aromatic heterocycles. The molecular formula is C14H20N2O2S. The molecule has 1 aliphatic rings. The fourth-order valence-corrected chi connectivity index (χ4v) is 3.10. The largest absolute Gasteiger partial charge is 0.394 e. The zero-order valence-corrected chi connectivity index (χ0v) is 11.7. The summed E-state index contributed by atoms with van der Waals surface area (Å²) in [5.41, 5.74) is 0.935. The molecule has 0 saturated carbocycles. The molecule has 0 aliphatic carbocycles. The molecule has 2 rings (SSSR count). The van der Waals surface area contributed by atoms with Crippen molar-refractivity contribution >= 4 is 17.7 Å². The van der Waals surface area contributed by atoms with Crippen LogP contribution in [-0.4, -0.2) is 41.7 Å². The lowest BCUT2D eigenvalue weighted by atomic mass is 10.1. The molecule has 0 spiro atoms. The third-order valence-corrected chi connectivity index (χ3v) is 4.28. The summed E-state index contributed by atoms with van der Waals surface area (Å²) in [4.78, 5) is 12.0. The van der Waals surface area contributed by atoms with Crippen molar-refractivity contribution < 1.29 is 9.90 Å². The Hall–Kier alpha value is -1.04. The van der Waals surface area contributed by atoms with Crippen molar-refractivity contribution in [3.05, 3.63) is 35.9 Å². The molecule has 1 fully saturated rings. The van der Waals surface area contributed by atoms with Crippen LogP contribution in [0.1, 0.15) is 18.0 Å². The molecule has 2 unspecified atom stereocenters. The highest BCUT2D eigenvalue weighted by Crippen LogP contribution is 2.14. The van der Waals surface area contributed by atoms with Gasteiger partial charge in [0, 0.05) is 30.5 Å². The van der Waals surface area contributed by atoms with E-state index in [0.29, 0.717) is 6.42 Å². The van der Waals surface area contributed by atoms with E-state index in [1.165, 1.54) is 0 Å². The molecule has 1 aromatic carbocycles. The van der Waals surface area contributed by atoms with Gasteiger partial charge in [-0.3, -0.25) is 4.79 Å². The Kier molecular flexibility index (Phi) is 5.69. The lowest BCUT2D eigenvalue weighted by molar-refractivity contribution is -0.122. The van der Waals surface area contributed by atoms with Crippen LogP contribution in [0.15, 0.2) is 30.3 Å². The molecule has 3 N–H and O–H groups in total. The highest BCUT2D eigenvalue weighted by Gasteiger charge is 2.19. The van der Waals surface area contributed by atoms with Crippen LogP contribution in [-0.2, 0) is 4.79 Å². The number of hydrogen-bond acceptors (Lipinski definition) is 4. The van der Waals surface area contributed by atoms with Gasteiger partial charge in [0.1, 0.15) is 0 Å². The van der Waals surface area contributed by atoms with Crippen molar-refractivity contribution in [3.63, 3.8) is 0 Å². The van der Waals surface area contributed by atoms with Gasteiger partial charge in [-0.25, -0.2) is 0 Å². The number of thioether (sulfide) groups is 1. The molecule has 1 aliphatic heterocycles. The molecule has 19 heavy (non-hydrogen) atoms. The Bertz CT molecular complexity index is 394. The first-order chi connectivity index (χ1) is 9.29. The maximum Gasteiger partial charge on any atom is 0.222 e. The number of hydrogen-bond donors (Lipinski definition) is 3. The molecule has 4 nitrogen and oxygen atoms in total. The molecule has 104 valence electrons. The van der Waals surface area contributed by atoms with Gasteiger partial charge in [0.2, 0.25) is 5.91 Å². The number of aliphatic hydroxyl groups excluding tert-OH is 1. The van der Waals surface area contributed by atoms with E-state index in [2.05, 4.69) is 10.6 Å². The highest BCUT2D eigenvalue weighted by molar-refractivity contribution is 7.99. The Labute approximate surface area is 118 Å². The first-order valence-electron chi connectivity index (χ1n) is 6.56. The number of nitrogens with one attached hydrogen (secondary N) is 2. The minimum absolute atomic E-state index is 0.0112. The van der Waals surface area contributed by atoms with Crippen molar-refractivity contribution in [1.82, 2.24) is 10.6 Å². The van der Waals surface area contributed by atoms with Gasteiger partial charge in [-0.05, 0) is 5.56 Å². The summed E-state index contributed by atoms with van der Waals surface area (Å²) in [6, 6.07) is 9.49. The topological polar surface area (TPSA) is 61.4 Å². The Morgan fingerprint density at radius 3 is 2.89 bits per heavy atom. The predicted octanol–water partition coefficient (Wildman–Crippen LogP) is 0.931. The van der Waals surface area contributed by atoms with E-state index in [4.69, 9.17) is 0 Å². The van der Waals surface area contributed by atoms with Crippen LogP contribution in [0.5, 0.6) is 0 Å². The van der Waals surface area contributed by atoms with Gasteiger partial charge in [-0.1, -0.05) is 30.3 Å². The molecule has 1 aromatic rings. The Morgan fingerprint density at radius 1 is 1.47 bits per heavy atom. The summed E-state index contributed by atoms with van der Waals surface area (Å²) >= 11 is 1.87. The number of amides is 1. The van der Waals surface area contributed by atoms with Crippen molar-refractivity contribution in [2.24, 2.45) is 0 Å². The summed E-state index contributed by atoms with van der Waals surface area (Å²) in [5.74, 6) is 2.08. The number of aliphatic hydroxyl groups is 1. The molecule has 0 bridgehead atoms. The van der Waals surface area contributed by atoms with Crippen molar-refractivity contribution in [3.8, 4) is 0 Å². The molecule has 2 atom stereocenters. The maximum absolute atomic E-state index is 12.0. The van der Waals surface area contributed by atoms with E-state index < -0.39 is 0 Å². The first kappa shape index (κ1) is 14.4. The summed E-state index contributed by atoms with van der Waals surface area (Å²) in [7, 11) is 0. The average molecular weight is 280 g/mol. The van der Waals surface area contributed by atoms with Crippen LogP contribution in [0.25, 0.3) is 0 Å². The first-order valence-corrected chi connectivity index (χ1v) is 7.71. The molecule has 1 saturated heterocycles. The fourth-order valence-electron chi connectivity index (χ4n) is 2.15. The van der Waals surface area contributed by atoms with E-state index in [1.54, 1.807) is 0 Å². The lowest BCUT2D eigenvalue weighted by Crippen LogP contribution is -2.42. The zero-order chi connectivity index (χ0) is 13.5. The standard InChI is InChI=1S/C14H20N2O2S/c17-9-13(11-4-2-1-3-5-11)16-14(18)8-12-10-19-7-6-15-12/h1-5,12-13,15,17H,6-10H2,(H,16,18).